The van der Waals surface area contributed by atoms with Gasteiger partial charge in [-0.05, 0) is 0 Å². The lowest BCUT2D eigenvalue weighted by Crippen LogP contribution is -1.77. The molecular weight excluding hydrogens is 116 g/mol. The van der Waals surface area contributed by atoms with Crippen molar-refractivity contribution in [3.05, 3.63) is 24.3 Å². The number of nitrogens with zero attached hydrogens (tertiary/aromatic N) is 2. The quantitative estimate of drug-likeness (QED) is 0.478. The highest BCUT2D eigenvalue weighted by Gasteiger charge is 1.90. The van der Waals surface area contributed by atoms with Crippen molar-refractivity contribution in [3.63, 3.8) is 0 Å². The van der Waals surface area contributed by atoms with Gasteiger partial charge in [-0.15, -0.1) is 0 Å². The first kappa shape index (κ1) is 5.57. The van der Waals surface area contributed by atoms with Gasteiger partial charge in [-0.25, -0.2) is 0 Å². The molecule has 3 nitrogen and oxygen atoms in total. The number of hydrogen-bond acceptors (Lipinski definition) is 3. The van der Waals surface area contributed by atoms with Gasteiger partial charge < -0.3 is 4.74 Å². The van der Waals surface area contributed by atoms with Gasteiger partial charge >= 0.3 is 0 Å². The van der Waals surface area contributed by atoms with E-state index < -0.39 is 0 Å². The van der Waals surface area contributed by atoms with Crippen LogP contribution in [0.3, 0.4) is 0 Å². The SMILES string of the molecule is N#CC1=CC=NC=CO1. The lowest BCUT2D eigenvalue weighted by molar-refractivity contribution is 0.372. The fraction of sp³-hybridized carbons (Fsp3) is 0. The molecule has 0 fully saturated rings. The zero-order valence-electron chi connectivity index (χ0n) is 4.61. The molecule has 0 saturated carbocycles. The van der Waals surface area contributed by atoms with Crippen molar-refractivity contribution in [2.45, 2.75) is 0 Å². The van der Waals surface area contributed by atoms with E-state index in [0.717, 1.165) is 0 Å². The van der Waals surface area contributed by atoms with E-state index in [9.17, 15) is 0 Å². The predicted octanol–water partition coefficient (Wildman–Crippen LogP) is 0.966. The molecule has 0 aromatic heterocycles. The fourth-order valence-corrected chi connectivity index (χ4v) is 0.402. The molecule has 44 valence electrons. The highest BCUT2D eigenvalue weighted by molar-refractivity contribution is 5.73. The number of aliphatic imine (C=N–C) groups is 1. The van der Waals surface area contributed by atoms with E-state index in [-0.39, 0.29) is 5.76 Å². The standard InChI is InChI=1S/C6H4N2O/c7-5-6-1-2-8-3-4-9-6/h1-4H. The van der Waals surface area contributed by atoms with Crippen LogP contribution in [0.5, 0.6) is 0 Å². The Morgan fingerprint density at radius 1 is 1.67 bits per heavy atom. The van der Waals surface area contributed by atoms with E-state index in [0.29, 0.717) is 0 Å². The molecular formula is C6H4N2O. The molecule has 0 amide bonds. The molecule has 0 aromatic carbocycles. The van der Waals surface area contributed by atoms with Gasteiger partial charge in [0.1, 0.15) is 12.3 Å². The zero-order chi connectivity index (χ0) is 6.53. The maximum absolute atomic E-state index is 8.28. The fourth-order valence-electron chi connectivity index (χ4n) is 0.402. The topological polar surface area (TPSA) is 45.4 Å². The number of allylic oxidation sites excluding steroid dienone is 2. The summed E-state index contributed by atoms with van der Waals surface area (Å²) in [4.78, 5) is 3.71. The Balaban J connectivity index is 2.77. The van der Waals surface area contributed by atoms with Crippen LogP contribution in [0.4, 0.5) is 0 Å². The van der Waals surface area contributed by atoms with Crippen molar-refractivity contribution < 1.29 is 4.74 Å². The molecule has 0 aromatic rings. The molecule has 0 radical (unpaired) electrons. The van der Waals surface area contributed by atoms with Gasteiger partial charge in [-0.3, -0.25) is 4.99 Å². The highest BCUT2D eigenvalue weighted by Crippen LogP contribution is 1.97. The van der Waals surface area contributed by atoms with Crippen molar-refractivity contribution in [2.75, 3.05) is 0 Å². The molecule has 0 N–H and O–H groups in total. The minimum atomic E-state index is 0.257. The molecule has 0 bridgehead atoms. The van der Waals surface area contributed by atoms with Gasteiger partial charge in [0.25, 0.3) is 0 Å². The Labute approximate surface area is 52.6 Å². The van der Waals surface area contributed by atoms with Crippen LogP contribution in [0.1, 0.15) is 0 Å². The van der Waals surface area contributed by atoms with Crippen LogP contribution < -0.4 is 0 Å². The average Bonchev–Trinajstić information content (AvgIpc) is 2.13. The first-order valence-corrected chi connectivity index (χ1v) is 2.39. The highest BCUT2D eigenvalue weighted by atomic mass is 16.5. The second-order valence-corrected chi connectivity index (χ2v) is 1.34. The number of rotatable bonds is 0. The molecule has 0 aliphatic carbocycles. The van der Waals surface area contributed by atoms with Crippen molar-refractivity contribution in [1.29, 1.82) is 5.26 Å². The summed E-state index contributed by atoms with van der Waals surface area (Å²) in [6, 6.07) is 1.84. The van der Waals surface area contributed by atoms with Crippen LogP contribution in [-0.2, 0) is 4.74 Å². The van der Waals surface area contributed by atoms with Gasteiger partial charge in [-0.1, -0.05) is 0 Å². The number of ether oxygens (including phenoxy) is 1. The van der Waals surface area contributed by atoms with Crippen molar-refractivity contribution >= 4 is 6.21 Å². The second-order valence-electron chi connectivity index (χ2n) is 1.34. The summed E-state index contributed by atoms with van der Waals surface area (Å²) in [5, 5.41) is 8.28. The Morgan fingerprint density at radius 2 is 2.56 bits per heavy atom. The van der Waals surface area contributed by atoms with Gasteiger partial charge in [0, 0.05) is 12.3 Å². The normalized spacial score (nSPS) is 15.2. The molecule has 1 heterocycles. The molecule has 1 aliphatic heterocycles. The minimum Gasteiger partial charge on any atom is -0.452 e. The third-order valence-corrected chi connectivity index (χ3v) is 0.764. The molecule has 0 spiro atoms. The van der Waals surface area contributed by atoms with Crippen molar-refractivity contribution in [1.82, 2.24) is 0 Å². The van der Waals surface area contributed by atoms with Crippen molar-refractivity contribution in [2.24, 2.45) is 4.99 Å². The molecule has 9 heavy (non-hydrogen) atoms. The van der Waals surface area contributed by atoms with Crippen LogP contribution in [0.25, 0.3) is 0 Å². The number of nitriles is 1. The van der Waals surface area contributed by atoms with Crippen LogP contribution >= 0.6 is 0 Å². The maximum Gasteiger partial charge on any atom is 0.204 e. The van der Waals surface area contributed by atoms with Gasteiger partial charge in [0.05, 0.1) is 6.20 Å². The minimum absolute atomic E-state index is 0.257. The first-order valence-electron chi connectivity index (χ1n) is 2.39. The molecule has 0 unspecified atom stereocenters. The van der Waals surface area contributed by atoms with Gasteiger partial charge in [0.2, 0.25) is 5.76 Å². The largest absolute Gasteiger partial charge is 0.452 e. The zero-order valence-corrected chi connectivity index (χ0v) is 4.61. The second kappa shape index (κ2) is 2.68. The molecule has 0 saturated heterocycles. The number of hydrogen-bond donors (Lipinski definition) is 0. The third-order valence-electron chi connectivity index (χ3n) is 0.764. The molecule has 3 heteroatoms. The maximum atomic E-state index is 8.28. The van der Waals surface area contributed by atoms with Crippen LogP contribution in [-0.4, -0.2) is 6.21 Å². The molecule has 0 atom stereocenters. The van der Waals surface area contributed by atoms with E-state index in [1.54, 1.807) is 0 Å². The van der Waals surface area contributed by atoms with Crippen LogP contribution in [0.15, 0.2) is 29.3 Å². The Bertz CT molecular complexity index is 220. The first-order chi connectivity index (χ1) is 4.43. The van der Waals surface area contributed by atoms with E-state index in [2.05, 4.69) is 4.99 Å². The van der Waals surface area contributed by atoms with E-state index in [1.807, 2.05) is 6.07 Å². The third kappa shape index (κ3) is 1.42. The Morgan fingerprint density at radius 3 is 3.33 bits per heavy atom. The Hall–Kier alpha value is -1.56. The summed E-state index contributed by atoms with van der Waals surface area (Å²) in [5.74, 6) is 0.257. The van der Waals surface area contributed by atoms with E-state index in [1.165, 1.54) is 24.8 Å². The van der Waals surface area contributed by atoms with Gasteiger partial charge in [-0.2, -0.15) is 5.26 Å². The lowest BCUT2D eigenvalue weighted by atomic mass is 10.5. The summed E-state index contributed by atoms with van der Waals surface area (Å²) in [6.45, 7) is 0. The average molecular weight is 120 g/mol. The summed E-state index contributed by atoms with van der Waals surface area (Å²) >= 11 is 0. The van der Waals surface area contributed by atoms with E-state index in [4.69, 9.17) is 10.00 Å². The van der Waals surface area contributed by atoms with E-state index >= 15 is 0 Å². The lowest BCUT2D eigenvalue weighted by Gasteiger charge is -1.88. The van der Waals surface area contributed by atoms with Crippen LogP contribution in [0.2, 0.25) is 0 Å². The van der Waals surface area contributed by atoms with Crippen molar-refractivity contribution in [3.8, 4) is 6.07 Å². The molecule has 1 rings (SSSR count). The summed E-state index contributed by atoms with van der Waals surface area (Å²) in [7, 11) is 0. The molecule has 1 aliphatic rings. The summed E-state index contributed by atoms with van der Waals surface area (Å²) in [6.07, 6.45) is 5.83. The van der Waals surface area contributed by atoms with Gasteiger partial charge in [0.15, 0.2) is 0 Å². The summed E-state index contributed by atoms with van der Waals surface area (Å²) < 4.78 is 4.75. The smallest absolute Gasteiger partial charge is 0.204 e. The summed E-state index contributed by atoms with van der Waals surface area (Å²) in [5.41, 5.74) is 0. The predicted molar refractivity (Wildman–Crippen MR) is 32.4 cm³/mol. The monoisotopic (exact) mass is 120 g/mol. The van der Waals surface area contributed by atoms with Crippen LogP contribution in [0, 0.1) is 11.3 Å². The Kier molecular flexibility index (Phi) is 1.66.